The van der Waals surface area contributed by atoms with Gasteiger partial charge < -0.3 is 15.7 Å². The van der Waals surface area contributed by atoms with Crippen molar-refractivity contribution in [3.8, 4) is 0 Å². The Bertz CT molecular complexity index is 487. The van der Waals surface area contributed by atoms with Crippen LogP contribution in [0, 0.1) is 0 Å². The lowest BCUT2D eigenvalue weighted by molar-refractivity contribution is 0.0191. The normalized spacial score (nSPS) is 27.4. The molecule has 1 fully saturated rings. The van der Waals surface area contributed by atoms with E-state index >= 15 is 0 Å². The lowest BCUT2D eigenvalue weighted by atomic mass is 9.91. The van der Waals surface area contributed by atoms with Crippen LogP contribution in [0.4, 0.5) is 5.69 Å². The summed E-state index contributed by atoms with van der Waals surface area (Å²) in [6.45, 7) is 0.584. The number of nitrogens with two attached hydrogens (primary N) is 1. The molecule has 0 spiro atoms. The van der Waals surface area contributed by atoms with Crippen LogP contribution in [0.15, 0.2) is 18.2 Å². The van der Waals surface area contributed by atoms with Crippen LogP contribution in [0.1, 0.15) is 41.6 Å². The highest BCUT2D eigenvalue weighted by Gasteiger charge is 2.37. The van der Waals surface area contributed by atoms with Gasteiger partial charge in [0, 0.05) is 12.2 Å². The number of fused-ring (bicyclic) bond motifs is 1. The minimum atomic E-state index is -0.391. The van der Waals surface area contributed by atoms with E-state index in [0.717, 1.165) is 31.2 Å². The second-order valence-corrected chi connectivity index (χ2v) is 5.23. The summed E-state index contributed by atoms with van der Waals surface area (Å²) in [7, 11) is 0. The number of carbonyl (C=O) groups is 1. The third kappa shape index (κ3) is 1.68. The van der Waals surface area contributed by atoms with Gasteiger partial charge in [0.1, 0.15) is 0 Å². The van der Waals surface area contributed by atoms with Crippen molar-refractivity contribution in [2.45, 2.75) is 44.4 Å². The first kappa shape index (κ1) is 11.5. The number of hydrogen-bond acceptors (Lipinski definition) is 3. The van der Waals surface area contributed by atoms with Crippen molar-refractivity contribution < 1.29 is 9.90 Å². The summed E-state index contributed by atoms with van der Waals surface area (Å²) in [5, 5.41) is 10.1. The van der Waals surface area contributed by atoms with Crippen molar-refractivity contribution >= 4 is 11.6 Å². The molecule has 1 saturated carbocycles. The number of amides is 1. The molecule has 1 aromatic carbocycles. The summed E-state index contributed by atoms with van der Waals surface area (Å²) in [5.41, 5.74) is 8.04. The molecule has 1 aliphatic carbocycles. The minimum absolute atomic E-state index is 0.0194. The van der Waals surface area contributed by atoms with E-state index < -0.39 is 6.10 Å². The number of carbonyl (C=O) groups excluding carboxylic acids is 1. The Morgan fingerprint density at radius 2 is 2.06 bits per heavy atom. The Labute approximate surface area is 106 Å². The van der Waals surface area contributed by atoms with Crippen LogP contribution in [-0.2, 0) is 6.54 Å². The number of benzene rings is 1. The van der Waals surface area contributed by atoms with Crippen molar-refractivity contribution in [2.75, 3.05) is 5.73 Å². The molecule has 1 heterocycles. The number of anilines is 1. The van der Waals surface area contributed by atoms with Gasteiger partial charge >= 0.3 is 0 Å². The lowest BCUT2D eigenvalue weighted by Crippen LogP contribution is -2.45. The highest BCUT2D eigenvalue weighted by Crippen LogP contribution is 2.33. The van der Waals surface area contributed by atoms with Gasteiger partial charge in [0.25, 0.3) is 5.91 Å². The van der Waals surface area contributed by atoms with Gasteiger partial charge in [-0.2, -0.15) is 0 Å². The predicted octanol–water partition coefficient (Wildman–Crippen LogP) is 1.53. The van der Waals surface area contributed by atoms with Gasteiger partial charge in [-0.15, -0.1) is 0 Å². The molecular weight excluding hydrogens is 228 g/mol. The zero-order chi connectivity index (χ0) is 12.7. The summed E-state index contributed by atoms with van der Waals surface area (Å²) >= 11 is 0. The van der Waals surface area contributed by atoms with E-state index in [0.29, 0.717) is 17.8 Å². The number of nitrogens with zero attached hydrogens (tertiary/aromatic N) is 1. The maximum absolute atomic E-state index is 12.4. The highest BCUT2D eigenvalue weighted by atomic mass is 16.3. The Morgan fingerprint density at radius 1 is 1.28 bits per heavy atom. The summed E-state index contributed by atoms with van der Waals surface area (Å²) < 4.78 is 0. The van der Waals surface area contributed by atoms with Gasteiger partial charge in [-0.3, -0.25) is 4.79 Å². The molecule has 0 radical (unpaired) electrons. The van der Waals surface area contributed by atoms with E-state index in [2.05, 4.69) is 0 Å². The summed E-state index contributed by atoms with van der Waals surface area (Å²) in [5.74, 6) is -0.0194. The summed E-state index contributed by atoms with van der Waals surface area (Å²) in [6, 6.07) is 5.54. The molecule has 1 aliphatic heterocycles. The van der Waals surface area contributed by atoms with E-state index in [-0.39, 0.29) is 11.9 Å². The lowest BCUT2D eigenvalue weighted by Gasteiger charge is -2.35. The molecule has 2 atom stereocenters. The fourth-order valence-electron chi connectivity index (χ4n) is 3.13. The molecule has 0 bridgehead atoms. The molecule has 1 aromatic rings. The second-order valence-electron chi connectivity index (χ2n) is 5.23. The molecule has 18 heavy (non-hydrogen) atoms. The maximum Gasteiger partial charge on any atom is 0.256 e. The molecule has 96 valence electrons. The third-order valence-corrected chi connectivity index (χ3v) is 4.09. The van der Waals surface area contributed by atoms with Crippen LogP contribution in [-0.4, -0.2) is 28.1 Å². The topological polar surface area (TPSA) is 66.6 Å². The average molecular weight is 246 g/mol. The molecule has 0 saturated heterocycles. The monoisotopic (exact) mass is 246 g/mol. The van der Waals surface area contributed by atoms with Crippen LogP contribution >= 0.6 is 0 Å². The van der Waals surface area contributed by atoms with Crippen molar-refractivity contribution in [1.82, 2.24) is 4.90 Å². The van der Waals surface area contributed by atoms with Crippen LogP contribution in [0.3, 0.4) is 0 Å². The van der Waals surface area contributed by atoms with Gasteiger partial charge in [0.15, 0.2) is 0 Å². The van der Waals surface area contributed by atoms with E-state index in [1.807, 2.05) is 12.1 Å². The van der Waals surface area contributed by atoms with E-state index in [1.54, 1.807) is 11.0 Å². The first-order valence-corrected chi connectivity index (χ1v) is 6.55. The van der Waals surface area contributed by atoms with Crippen LogP contribution in [0.5, 0.6) is 0 Å². The Balaban J connectivity index is 1.90. The van der Waals surface area contributed by atoms with Crippen molar-refractivity contribution in [1.29, 1.82) is 0 Å². The van der Waals surface area contributed by atoms with Gasteiger partial charge in [0.05, 0.1) is 17.7 Å². The van der Waals surface area contributed by atoms with Gasteiger partial charge in [0.2, 0.25) is 0 Å². The van der Waals surface area contributed by atoms with Gasteiger partial charge in [-0.1, -0.05) is 25.0 Å². The Morgan fingerprint density at radius 3 is 2.78 bits per heavy atom. The molecule has 2 aliphatic rings. The largest absolute Gasteiger partial charge is 0.398 e. The molecule has 1 amide bonds. The molecule has 4 nitrogen and oxygen atoms in total. The molecule has 0 aromatic heterocycles. The summed E-state index contributed by atoms with van der Waals surface area (Å²) in [6.07, 6.45) is 3.42. The zero-order valence-corrected chi connectivity index (χ0v) is 10.3. The molecule has 3 rings (SSSR count). The van der Waals surface area contributed by atoms with E-state index in [1.165, 1.54) is 0 Å². The first-order chi connectivity index (χ1) is 8.68. The molecule has 2 unspecified atom stereocenters. The molecular formula is C14H18N2O2. The number of hydrogen-bond donors (Lipinski definition) is 2. The SMILES string of the molecule is Nc1cccc2c1C(=O)N(C1CCCCC1O)C2. The van der Waals surface area contributed by atoms with Crippen molar-refractivity contribution in [3.05, 3.63) is 29.3 Å². The standard InChI is InChI=1S/C14H18N2O2/c15-10-5-3-4-9-8-16(14(18)13(9)10)11-6-1-2-7-12(11)17/h3-5,11-12,17H,1-2,6-8,15H2. The Hall–Kier alpha value is -1.55. The third-order valence-electron chi connectivity index (χ3n) is 4.09. The number of nitrogen functional groups attached to an aromatic ring is 1. The summed E-state index contributed by atoms with van der Waals surface area (Å²) in [4.78, 5) is 14.2. The maximum atomic E-state index is 12.4. The number of aliphatic hydroxyl groups excluding tert-OH is 1. The highest BCUT2D eigenvalue weighted by molar-refractivity contribution is 6.03. The zero-order valence-electron chi connectivity index (χ0n) is 10.3. The first-order valence-electron chi connectivity index (χ1n) is 6.55. The fourth-order valence-corrected chi connectivity index (χ4v) is 3.13. The smallest absolute Gasteiger partial charge is 0.256 e. The quantitative estimate of drug-likeness (QED) is 0.738. The molecule has 3 N–H and O–H groups in total. The predicted molar refractivity (Wildman–Crippen MR) is 69.0 cm³/mol. The molecule has 4 heteroatoms. The van der Waals surface area contributed by atoms with Crippen LogP contribution in [0.25, 0.3) is 0 Å². The number of aliphatic hydroxyl groups is 1. The van der Waals surface area contributed by atoms with E-state index in [4.69, 9.17) is 5.73 Å². The second kappa shape index (κ2) is 4.28. The Kier molecular flexibility index (Phi) is 2.74. The average Bonchev–Trinajstić information content (AvgIpc) is 2.69. The number of rotatable bonds is 1. The van der Waals surface area contributed by atoms with E-state index in [9.17, 15) is 9.90 Å². The fraction of sp³-hybridized carbons (Fsp3) is 0.500. The van der Waals surface area contributed by atoms with Crippen molar-refractivity contribution in [3.63, 3.8) is 0 Å². The van der Waals surface area contributed by atoms with Gasteiger partial charge in [-0.25, -0.2) is 0 Å². The van der Waals surface area contributed by atoms with Crippen molar-refractivity contribution in [2.24, 2.45) is 0 Å². The van der Waals surface area contributed by atoms with Crippen LogP contribution < -0.4 is 5.73 Å². The minimum Gasteiger partial charge on any atom is -0.398 e. The van der Waals surface area contributed by atoms with Crippen LogP contribution in [0.2, 0.25) is 0 Å². The van der Waals surface area contributed by atoms with Gasteiger partial charge in [-0.05, 0) is 24.5 Å².